The number of likely N-dealkylation sites (tertiary alicyclic amines) is 1. The zero-order valence-corrected chi connectivity index (χ0v) is 11.6. The number of aromatic nitrogens is 4. The van der Waals surface area contributed by atoms with Gasteiger partial charge in [0.25, 0.3) is 0 Å². The van der Waals surface area contributed by atoms with Gasteiger partial charge in [0.1, 0.15) is 18.2 Å². The predicted octanol–water partition coefficient (Wildman–Crippen LogP) is 1.69. The van der Waals surface area contributed by atoms with E-state index in [0.717, 1.165) is 55.3 Å². The van der Waals surface area contributed by atoms with Crippen molar-refractivity contribution in [3.63, 3.8) is 0 Å². The summed E-state index contributed by atoms with van der Waals surface area (Å²) in [5.41, 5.74) is 2.80. The van der Waals surface area contributed by atoms with Crippen molar-refractivity contribution >= 4 is 0 Å². The fraction of sp³-hybridized carbons (Fsp3) is 0.500. The maximum absolute atomic E-state index is 9.00. The number of hydrogen-bond acceptors (Lipinski definition) is 4. The van der Waals surface area contributed by atoms with Crippen molar-refractivity contribution in [3.05, 3.63) is 35.2 Å². The number of rotatable bonds is 3. The van der Waals surface area contributed by atoms with Crippen LogP contribution < -0.4 is 0 Å². The molecule has 1 aliphatic rings. The lowest BCUT2D eigenvalue weighted by Crippen LogP contribution is -2.34. The van der Waals surface area contributed by atoms with Crippen LogP contribution in [-0.4, -0.2) is 38.2 Å². The minimum absolute atomic E-state index is 0.428. The third-order valence-corrected chi connectivity index (χ3v) is 3.91. The van der Waals surface area contributed by atoms with E-state index in [1.807, 2.05) is 13.0 Å². The number of nitrogens with zero attached hydrogens (tertiary/aromatic N) is 4. The lowest BCUT2D eigenvalue weighted by molar-refractivity contribution is 0.195. The van der Waals surface area contributed by atoms with Crippen molar-refractivity contribution in [2.75, 3.05) is 13.1 Å². The molecular formula is C14H18N6. The van der Waals surface area contributed by atoms with E-state index in [4.69, 9.17) is 5.26 Å². The van der Waals surface area contributed by atoms with Crippen LogP contribution in [0.4, 0.5) is 0 Å². The maximum Gasteiger partial charge on any atom is 0.137 e. The highest BCUT2D eigenvalue weighted by Gasteiger charge is 2.23. The molecule has 2 aromatic rings. The van der Waals surface area contributed by atoms with Gasteiger partial charge in [0.05, 0.1) is 5.56 Å². The Balaban J connectivity index is 1.67. The van der Waals surface area contributed by atoms with Crippen molar-refractivity contribution < 1.29 is 0 Å². The molecule has 0 radical (unpaired) electrons. The maximum atomic E-state index is 9.00. The molecule has 2 aromatic heterocycles. The number of aryl methyl sites for hydroxylation is 1. The highest BCUT2D eigenvalue weighted by Crippen LogP contribution is 2.25. The van der Waals surface area contributed by atoms with E-state index in [0.29, 0.717) is 5.92 Å². The molecule has 1 unspecified atom stereocenters. The molecule has 0 spiro atoms. The minimum Gasteiger partial charge on any atom is -0.360 e. The Hall–Kier alpha value is -2.13. The average Bonchev–Trinajstić information content (AvgIpc) is 3.09. The fourth-order valence-electron chi connectivity index (χ4n) is 2.90. The molecule has 6 heteroatoms. The summed E-state index contributed by atoms with van der Waals surface area (Å²) in [6.07, 6.45) is 3.89. The molecule has 2 N–H and O–H groups in total. The first kappa shape index (κ1) is 12.9. The van der Waals surface area contributed by atoms with Gasteiger partial charge < -0.3 is 4.98 Å². The van der Waals surface area contributed by atoms with Crippen molar-refractivity contribution in [1.29, 1.82) is 5.26 Å². The van der Waals surface area contributed by atoms with E-state index in [9.17, 15) is 0 Å². The molecule has 3 rings (SSSR count). The second kappa shape index (κ2) is 5.47. The Bertz CT molecular complexity index is 606. The topological polar surface area (TPSA) is 84.4 Å². The van der Waals surface area contributed by atoms with E-state index < -0.39 is 0 Å². The molecule has 1 atom stereocenters. The van der Waals surface area contributed by atoms with E-state index in [1.54, 1.807) is 6.33 Å². The van der Waals surface area contributed by atoms with Gasteiger partial charge >= 0.3 is 0 Å². The van der Waals surface area contributed by atoms with Crippen molar-refractivity contribution in [2.24, 2.45) is 0 Å². The molecule has 0 aliphatic carbocycles. The van der Waals surface area contributed by atoms with Gasteiger partial charge in [0.2, 0.25) is 0 Å². The molecular weight excluding hydrogens is 252 g/mol. The summed E-state index contributed by atoms with van der Waals surface area (Å²) in [4.78, 5) is 9.97. The summed E-state index contributed by atoms with van der Waals surface area (Å²) in [5, 5.41) is 15.9. The second-order valence-corrected chi connectivity index (χ2v) is 5.39. The first-order valence-corrected chi connectivity index (χ1v) is 6.92. The van der Waals surface area contributed by atoms with Crippen LogP contribution >= 0.6 is 0 Å². The zero-order valence-electron chi connectivity index (χ0n) is 11.6. The number of aromatic amines is 2. The number of piperidine rings is 1. The Morgan fingerprint density at radius 3 is 3.15 bits per heavy atom. The highest BCUT2D eigenvalue weighted by molar-refractivity contribution is 5.35. The normalized spacial score (nSPS) is 19.9. The lowest BCUT2D eigenvalue weighted by Gasteiger charge is -2.31. The molecule has 0 bridgehead atoms. The van der Waals surface area contributed by atoms with Gasteiger partial charge in [-0.1, -0.05) is 0 Å². The van der Waals surface area contributed by atoms with Crippen LogP contribution in [0, 0.1) is 18.3 Å². The monoisotopic (exact) mass is 270 g/mol. The molecule has 0 saturated carbocycles. The van der Waals surface area contributed by atoms with Crippen molar-refractivity contribution in [1.82, 2.24) is 25.1 Å². The standard InChI is InChI=1S/C14H18N6/c1-10-12(6-15)5-13(18-10)8-20-4-2-3-11(7-20)14-16-9-17-19-14/h5,9,11,18H,2-4,7-8H2,1H3,(H,16,17,19). The summed E-state index contributed by atoms with van der Waals surface area (Å²) in [5.74, 6) is 1.41. The first-order chi connectivity index (χ1) is 9.76. The van der Waals surface area contributed by atoms with Crippen LogP contribution in [0.25, 0.3) is 0 Å². The van der Waals surface area contributed by atoms with Gasteiger partial charge in [-0.2, -0.15) is 10.4 Å². The van der Waals surface area contributed by atoms with Crippen LogP contribution in [0.2, 0.25) is 0 Å². The summed E-state index contributed by atoms with van der Waals surface area (Å²) >= 11 is 0. The lowest BCUT2D eigenvalue weighted by atomic mass is 9.97. The molecule has 3 heterocycles. The Labute approximate surface area is 117 Å². The Morgan fingerprint density at radius 1 is 1.55 bits per heavy atom. The molecule has 104 valence electrons. The van der Waals surface area contributed by atoms with E-state index in [2.05, 4.69) is 31.1 Å². The minimum atomic E-state index is 0.428. The van der Waals surface area contributed by atoms with Gasteiger partial charge in [-0.05, 0) is 32.4 Å². The molecule has 6 nitrogen and oxygen atoms in total. The number of H-pyrrole nitrogens is 2. The van der Waals surface area contributed by atoms with E-state index in [1.165, 1.54) is 0 Å². The number of nitriles is 1. The smallest absolute Gasteiger partial charge is 0.137 e. The SMILES string of the molecule is Cc1[nH]c(CN2CCCC(c3ncn[nH]3)C2)cc1C#N. The first-order valence-electron chi connectivity index (χ1n) is 6.92. The molecule has 1 aliphatic heterocycles. The van der Waals surface area contributed by atoms with Crippen LogP contribution in [-0.2, 0) is 6.54 Å². The molecule has 0 aromatic carbocycles. The van der Waals surface area contributed by atoms with Gasteiger partial charge in [0.15, 0.2) is 0 Å². The van der Waals surface area contributed by atoms with Gasteiger partial charge in [-0.3, -0.25) is 10.00 Å². The van der Waals surface area contributed by atoms with Crippen LogP contribution in [0.1, 0.15) is 41.5 Å². The Morgan fingerprint density at radius 2 is 2.45 bits per heavy atom. The summed E-state index contributed by atoms with van der Waals surface area (Å²) in [7, 11) is 0. The van der Waals surface area contributed by atoms with Gasteiger partial charge in [-0.15, -0.1) is 0 Å². The van der Waals surface area contributed by atoms with E-state index in [-0.39, 0.29) is 0 Å². The van der Waals surface area contributed by atoms with Crippen molar-refractivity contribution in [2.45, 2.75) is 32.2 Å². The summed E-state index contributed by atoms with van der Waals surface area (Å²) in [6.45, 7) is 4.86. The van der Waals surface area contributed by atoms with Crippen LogP contribution in [0.3, 0.4) is 0 Å². The molecule has 0 amide bonds. The summed E-state index contributed by atoms with van der Waals surface area (Å²) in [6, 6.07) is 4.16. The summed E-state index contributed by atoms with van der Waals surface area (Å²) < 4.78 is 0. The second-order valence-electron chi connectivity index (χ2n) is 5.39. The quantitative estimate of drug-likeness (QED) is 0.889. The predicted molar refractivity (Wildman–Crippen MR) is 73.9 cm³/mol. The molecule has 20 heavy (non-hydrogen) atoms. The Kier molecular flexibility index (Phi) is 3.52. The largest absolute Gasteiger partial charge is 0.360 e. The fourth-order valence-corrected chi connectivity index (χ4v) is 2.90. The zero-order chi connectivity index (χ0) is 13.9. The molecule has 1 saturated heterocycles. The average molecular weight is 270 g/mol. The van der Waals surface area contributed by atoms with Gasteiger partial charge in [0, 0.05) is 30.4 Å². The molecule has 1 fully saturated rings. The van der Waals surface area contributed by atoms with Crippen molar-refractivity contribution in [3.8, 4) is 6.07 Å². The third kappa shape index (κ3) is 2.58. The highest BCUT2D eigenvalue weighted by atomic mass is 15.2. The van der Waals surface area contributed by atoms with Gasteiger partial charge in [-0.25, -0.2) is 4.98 Å². The van der Waals surface area contributed by atoms with Crippen LogP contribution in [0.15, 0.2) is 12.4 Å². The van der Waals surface area contributed by atoms with E-state index >= 15 is 0 Å². The number of nitrogens with one attached hydrogen (secondary N) is 2. The third-order valence-electron chi connectivity index (χ3n) is 3.91. The van der Waals surface area contributed by atoms with Crippen LogP contribution in [0.5, 0.6) is 0 Å². The number of hydrogen-bond donors (Lipinski definition) is 2.